The molecule has 0 aromatic carbocycles. The summed E-state index contributed by atoms with van der Waals surface area (Å²) in [6.45, 7) is 8.19. The van der Waals surface area contributed by atoms with Crippen LogP contribution in [0.3, 0.4) is 0 Å². The van der Waals surface area contributed by atoms with Gasteiger partial charge >= 0.3 is 5.97 Å². The van der Waals surface area contributed by atoms with Crippen LogP contribution in [-0.2, 0) is 4.74 Å². The van der Waals surface area contributed by atoms with Gasteiger partial charge in [-0.05, 0) is 5.92 Å². The van der Waals surface area contributed by atoms with E-state index in [-0.39, 0.29) is 22.6 Å². The molecule has 0 spiro atoms. The highest BCUT2D eigenvalue weighted by Crippen LogP contribution is 2.17. The summed E-state index contributed by atoms with van der Waals surface area (Å²) >= 11 is 5.89. The lowest BCUT2D eigenvalue weighted by Gasteiger charge is -2.09. The van der Waals surface area contributed by atoms with E-state index in [0.29, 0.717) is 12.4 Å². The molecule has 1 rings (SSSR count). The van der Waals surface area contributed by atoms with Gasteiger partial charge in [0.05, 0.1) is 17.8 Å². The van der Waals surface area contributed by atoms with Crippen molar-refractivity contribution in [2.75, 3.05) is 6.61 Å². The standard InChI is InChI=1S/C12H17ClN2O2/c1-7(2)6-17-12(16)10-9(13)5-14-11(15-10)8(3)4/h5,7-8H,6H2,1-4H3. The van der Waals surface area contributed by atoms with E-state index < -0.39 is 5.97 Å². The van der Waals surface area contributed by atoms with E-state index in [0.717, 1.165) is 0 Å². The minimum absolute atomic E-state index is 0.143. The van der Waals surface area contributed by atoms with Crippen LogP contribution in [0.15, 0.2) is 6.20 Å². The van der Waals surface area contributed by atoms with Gasteiger partial charge in [0.15, 0.2) is 5.69 Å². The zero-order chi connectivity index (χ0) is 13.0. The SMILES string of the molecule is CC(C)COC(=O)c1nc(C(C)C)ncc1Cl. The molecule has 0 aliphatic heterocycles. The molecule has 0 saturated heterocycles. The number of carbonyl (C=O) groups excluding carboxylic acids is 1. The molecule has 0 N–H and O–H groups in total. The molecule has 1 aromatic heterocycles. The molecule has 0 atom stereocenters. The summed E-state index contributed by atoms with van der Waals surface area (Å²) in [5, 5.41) is 0.225. The fraction of sp³-hybridized carbons (Fsp3) is 0.583. The summed E-state index contributed by atoms with van der Waals surface area (Å²) in [5.74, 6) is 0.520. The number of esters is 1. The number of nitrogens with zero attached hydrogens (tertiary/aromatic N) is 2. The predicted octanol–water partition coefficient (Wildman–Crippen LogP) is 3.07. The van der Waals surface area contributed by atoms with E-state index in [2.05, 4.69) is 9.97 Å². The van der Waals surface area contributed by atoms with Crippen LogP contribution < -0.4 is 0 Å². The van der Waals surface area contributed by atoms with Crippen molar-refractivity contribution >= 4 is 17.6 Å². The number of halogens is 1. The highest BCUT2D eigenvalue weighted by atomic mass is 35.5. The van der Waals surface area contributed by atoms with Crippen LogP contribution in [0.4, 0.5) is 0 Å². The molecule has 0 unspecified atom stereocenters. The van der Waals surface area contributed by atoms with Crippen LogP contribution in [-0.4, -0.2) is 22.5 Å². The van der Waals surface area contributed by atoms with Crippen molar-refractivity contribution < 1.29 is 9.53 Å². The van der Waals surface area contributed by atoms with Gasteiger partial charge < -0.3 is 4.74 Å². The third-order valence-electron chi connectivity index (χ3n) is 2.02. The summed E-state index contributed by atoms with van der Waals surface area (Å²) in [6, 6.07) is 0. The lowest BCUT2D eigenvalue weighted by atomic mass is 10.2. The first-order valence-corrected chi connectivity index (χ1v) is 5.99. The third-order valence-corrected chi connectivity index (χ3v) is 2.30. The van der Waals surface area contributed by atoms with E-state index >= 15 is 0 Å². The smallest absolute Gasteiger partial charge is 0.358 e. The van der Waals surface area contributed by atoms with Crippen molar-refractivity contribution in [3.05, 3.63) is 22.7 Å². The molecular formula is C12H17ClN2O2. The average Bonchev–Trinajstić information content (AvgIpc) is 2.26. The second-order valence-electron chi connectivity index (χ2n) is 4.57. The Bertz CT molecular complexity index is 405. The van der Waals surface area contributed by atoms with Crippen LogP contribution >= 0.6 is 11.6 Å². The van der Waals surface area contributed by atoms with Crippen LogP contribution in [0.5, 0.6) is 0 Å². The highest BCUT2D eigenvalue weighted by Gasteiger charge is 2.17. The Kier molecular flexibility index (Phi) is 4.87. The Morgan fingerprint density at radius 3 is 2.59 bits per heavy atom. The van der Waals surface area contributed by atoms with Crippen molar-refractivity contribution in [3.63, 3.8) is 0 Å². The summed E-state index contributed by atoms with van der Waals surface area (Å²) in [7, 11) is 0. The van der Waals surface area contributed by atoms with E-state index in [1.165, 1.54) is 6.20 Å². The Hall–Kier alpha value is -1.16. The van der Waals surface area contributed by atoms with Gasteiger partial charge in [0.2, 0.25) is 0 Å². The molecule has 0 fully saturated rings. The maximum atomic E-state index is 11.7. The number of hydrogen-bond acceptors (Lipinski definition) is 4. The molecule has 17 heavy (non-hydrogen) atoms. The molecular weight excluding hydrogens is 240 g/mol. The average molecular weight is 257 g/mol. The van der Waals surface area contributed by atoms with Gasteiger partial charge in [-0.2, -0.15) is 0 Å². The molecule has 0 saturated carbocycles. The number of aromatic nitrogens is 2. The molecule has 1 aromatic rings. The quantitative estimate of drug-likeness (QED) is 0.777. The number of hydrogen-bond donors (Lipinski definition) is 0. The van der Waals surface area contributed by atoms with Gasteiger partial charge in [0.25, 0.3) is 0 Å². The summed E-state index contributed by atoms with van der Waals surface area (Å²) in [4.78, 5) is 19.9. The molecule has 94 valence electrons. The summed E-state index contributed by atoms with van der Waals surface area (Å²) in [6.07, 6.45) is 1.44. The van der Waals surface area contributed by atoms with Crippen molar-refractivity contribution in [2.45, 2.75) is 33.6 Å². The van der Waals surface area contributed by atoms with Crippen molar-refractivity contribution in [3.8, 4) is 0 Å². The Morgan fingerprint density at radius 1 is 1.41 bits per heavy atom. The molecule has 4 nitrogen and oxygen atoms in total. The van der Waals surface area contributed by atoms with E-state index in [4.69, 9.17) is 16.3 Å². The first kappa shape index (κ1) is 13.9. The van der Waals surface area contributed by atoms with Gasteiger partial charge in [-0.25, -0.2) is 14.8 Å². The normalized spacial score (nSPS) is 11.0. The third kappa shape index (κ3) is 3.97. The molecule has 5 heteroatoms. The molecule has 1 heterocycles. The molecule has 0 amide bonds. The van der Waals surface area contributed by atoms with Crippen LogP contribution in [0.1, 0.15) is 49.9 Å². The largest absolute Gasteiger partial charge is 0.461 e. The van der Waals surface area contributed by atoms with Gasteiger partial charge in [0, 0.05) is 5.92 Å². The Labute approximate surface area is 106 Å². The maximum Gasteiger partial charge on any atom is 0.358 e. The predicted molar refractivity (Wildman–Crippen MR) is 66.3 cm³/mol. The Balaban J connectivity index is 2.88. The fourth-order valence-electron chi connectivity index (χ4n) is 1.11. The topological polar surface area (TPSA) is 52.1 Å². The second kappa shape index (κ2) is 5.96. The monoisotopic (exact) mass is 256 g/mol. The van der Waals surface area contributed by atoms with Crippen LogP contribution in [0.2, 0.25) is 5.02 Å². The first-order chi connectivity index (χ1) is 7.91. The number of ether oxygens (including phenoxy) is 1. The summed E-state index contributed by atoms with van der Waals surface area (Å²) < 4.78 is 5.09. The zero-order valence-electron chi connectivity index (χ0n) is 10.5. The molecule has 0 aliphatic carbocycles. The number of rotatable bonds is 4. The summed E-state index contributed by atoms with van der Waals surface area (Å²) in [5.41, 5.74) is 0.144. The van der Waals surface area contributed by atoms with E-state index in [1.807, 2.05) is 27.7 Å². The minimum atomic E-state index is -0.493. The molecule has 0 bridgehead atoms. The van der Waals surface area contributed by atoms with Crippen molar-refractivity contribution in [1.29, 1.82) is 0 Å². The second-order valence-corrected chi connectivity index (χ2v) is 4.98. The lowest BCUT2D eigenvalue weighted by molar-refractivity contribution is 0.0451. The van der Waals surface area contributed by atoms with Gasteiger partial charge in [-0.1, -0.05) is 39.3 Å². The van der Waals surface area contributed by atoms with E-state index in [1.54, 1.807) is 0 Å². The van der Waals surface area contributed by atoms with Gasteiger partial charge in [-0.3, -0.25) is 0 Å². The highest BCUT2D eigenvalue weighted by molar-refractivity contribution is 6.33. The lowest BCUT2D eigenvalue weighted by Crippen LogP contribution is -2.14. The minimum Gasteiger partial charge on any atom is -0.461 e. The van der Waals surface area contributed by atoms with E-state index in [9.17, 15) is 4.79 Å². The van der Waals surface area contributed by atoms with Gasteiger partial charge in [0.1, 0.15) is 5.82 Å². The van der Waals surface area contributed by atoms with Crippen molar-refractivity contribution in [2.24, 2.45) is 5.92 Å². The zero-order valence-corrected chi connectivity index (χ0v) is 11.3. The van der Waals surface area contributed by atoms with Crippen LogP contribution in [0.25, 0.3) is 0 Å². The van der Waals surface area contributed by atoms with Crippen LogP contribution in [0, 0.1) is 5.92 Å². The molecule has 0 radical (unpaired) electrons. The first-order valence-electron chi connectivity index (χ1n) is 5.61. The fourth-order valence-corrected chi connectivity index (χ4v) is 1.28. The number of carbonyl (C=O) groups is 1. The van der Waals surface area contributed by atoms with Crippen molar-refractivity contribution in [1.82, 2.24) is 9.97 Å². The Morgan fingerprint density at radius 2 is 2.06 bits per heavy atom. The molecule has 0 aliphatic rings. The van der Waals surface area contributed by atoms with Gasteiger partial charge in [-0.15, -0.1) is 0 Å². The maximum absolute atomic E-state index is 11.7.